The molecule has 4 aromatic rings. The number of sulfonamides is 1. The summed E-state index contributed by atoms with van der Waals surface area (Å²) in [5.74, 6) is 0.571. The number of carbonyl (C=O) groups is 1. The van der Waals surface area contributed by atoms with Crippen LogP contribution in [0.15, 0.2) is 85.2 Å². The van der Waals surface area contributed by atoms with E-state index in [1.165, 1.54) is 12.1 Å². The maximum atomic E-state index is 14.2. The molecule has 0 spiro atoms. The Morgan fingerprint density at radius 1 is 0.940 bits per heavy atom. The van der Waals surface area contributed by atoms with Crippen molar-refractivity contribution in [2.24, 2.45) is 0 Å². The number of nitrogens with one attached hydrogen (secondary N) is 2. The summed E-state index contributed by atoms with van der Waals surface area (Å²) in [6, 6.07) is 19.8. The Morgan fingerprint density at radius 2 is 1.70 bits per heavy atom. The van der Waals surface area contributed by atoms with Crippen molar-refractivity contribution >= 4 is 33.1 Å². The zero-order chi connectivity index (χ0) is 34.9. The number of benzene rings is 2. The van der Waals surface area contributed by atoms with Gasteiger partial charge in [0.1, 0.15) is 11.6 Å². The molecule has 0 bridgehead atoms. The summed E-state index contributed by atoms with van der Waals surface area (Å²) >= 11 is 0. The van der Waals surface area contributed by atoms with E-state index in [2.05, 4.69) is 29.8 Å². The molecule has 2 aliphatic rings. The van der Waals surface area contributed by atoms with Crippen LogP contribution in [0.3, 0.4) is 0 Å². The second-order valence-electron chi connectivity index (χ2n) is 12.5. The molecule has 0 atom stereocenters. The number of nitrogens with zero attached hydrogens (tertiary/aromatic N) is 5. The number of pyridine rings is 2. The minimum atomic E-state index is -3.49. The fourth-order valence-corrected chi connectivity index (χ4v) is 7.12. The van der Waals surface area contributed by atoms with Gasteiger partial charge in [-0.25, -0.2) is 22.6 Å². The second-order valence-corrected chi connectivity index (χ2v) is 14.3. The minimum absolute atomic E-state index is 0.0106. The lowest BCUT2D eigenvalue weighted by atomic mass is 10.0. The quantitative estimate of drug-likeness (QED) is 0.197. The number of amides is 2. The first-order chi connectivity index (χ1) is 24.2. The fraction of sp³-hybridized carbons (Fsp3) is 0.361. The Hall–Kier alpha value is -4.63. The molecule has 2 aliphatic heterocycles. The number of rotatable bonds is 12. The molecule has 6 rings (SSSR count). The third kappa shape index (κ3) is 9.97. The first-order valence-electron chi connectivity index (χ1n) is 16.7. The maximum absolute atomic E-state index is 14.2. The van der Waals surface area contributed by atoms with Crippen molar-refractivity contribution in [3.05, 3.63) is 102 Å². The molecule has 2 aromatic heterocycles. The van der Waals surface area contributed by atoms with Gasteiger partial charge in [0.2, 0.25) is 15.9 Å². The molecule has 2 aromatic carbocycles. The predicted octanol–water partition coefficient (Wildman–Crippen LogP) is 5.49. The van der Waals surface area contributed by atoms with Gasteiger partial charge in [-0.15, -0.1) is 0 Å². The van der Waals surface area contributed by atoms with E-state index in [1.807, 2.05) is 19.1 Å². The van der Waals surface area contributed by atoms with Gasteiger partial charge in [-0.3, -0.25) is 24.4 Å². The van der Waals surface area contributed by atoms with Crippen LogP contribution < -0.4 is 19.7 Å². The number of carbonyl (C=O) groups excluding carboxylic acids is 1. The van der Waals surface area contributed by atoms with Crippen LogP contribution in [0.4, 0.5) is 26.2 Å². The number of aromatic nitrogens is 2. The predicted molar refractivity (Wildman–Crippen MR) is 191 cm³/mol. The summed E-state index contributed by atoms with van der Waals surface area (Å²) in [4.78, 5) is 28.3. The monoisotopic (exact) mass is 703 g/mol. The molecule has 4 heterocycles. The van der Waals surface area contributed by atoms with Gasteiger partial charge in [-0.05, 0) is 79.9 Å². The number of aryl methyl sites for hydroxylation is 1. The Kier molecular flexibility index (Phi) is 11.5. The van der Waals surface area contributed by atoms with Gasteiger partial charge < -0.3 is 14.8 Å². The molecular weight excluding hydrogens is 662 g/mol. The standard InChI is InChI=1S/C36H42FN7O5S/c1-27-5-7-31(25-38-27)40-36(45)44(33-4-2-3-29(37)23-33)32-13-15-43(16-14-32)26-28-6-12-35(39-24-28)49-34-10-8-30(9-11-34)41-50(46,47)22-19-42-17-20-48-21-18-42/h2-12,23-25,32,41H,13-22,26H2,1H3,(H,40,45). The number of urea groups is 1. The lowest BCUT2D eigenvalue weighted by Crippen LogP contribution is -2.49. The third-order valence-corrected chi connectivity index (χ3v) is 9.99. The van der Waals surface area contributed by atoms with E-state index in [4.69, 9.17) is 9.47 Å². The SMILES string of the molecule is Cc1ccc(NC(=O)N(c2cccc(F)c2)C2CCN(Cc3ccc(Oc4ccc(NS(=O)(=O)CCN5CCOCC5)cc4)nc3)CC2)cn1. The van der Waals surface area contributed by atoms with E-state index in [9.17, 15) is 17.6 Å². The van der Waals surface area contributed by atoms with Crippen LogP contribution in [-0.4, -0.2) is 91.9 Å². The average molecular weight is 704 g/mol. The number of halogens is 1. The van der Waals surface area contributed by atoms with Crippen LogP contribution in [0.1, 0.15) is 24.1 Å². The highest BCUT2D eigenvalue weighted by atomic mass is 32.2. The van der Waals surface area contributed by atoms with Crippen LogP contribution in [0.2, 0.25) is 0 Å². The summed E-state index contributed by atoms with van der Waals surface area (Å²) in [5.41, 5.74) is 3.42. The summed E-state index contributed by atoms with van der Waals surface area (Å²) in [6.45, 7) is 7.25. The summed E-state index contributed by atoms with van der Waals surface area (Å²) < 4.78 is 53.2. The maximum Gasteiger partial charge on any atom is 0.326 e. The van der Waals surface area contributed by atoms with Gasteiger partial charge in [-0.2, -0.15) is 0 Å². The number of ether oxygens (including phenoxy) is 2. The molecule has 264 valence electrons. The van der Waals surface area contributed by atoms with Gasteiger partial charge in [0.05, 0.1) is 30.9 Å². The molecule has 14 heteroatoms. The van der Waals surface area contributed by atoms with Gasteiger partial charge in [0.25, 0.3) is 0 Å². The van der Waals surface area contributed by atoms with Crippen molar-refractivity contribution in [2.75, 3.05) is 66.6 Å². The lowest BCUT2D eigenvalue weighted by molar-refractivity contribution is 0.0408. The van der Waals surface area contributed by atoms with E-state index in [1.54, 1.807) is 65.8 Å². The molecule has 2 fully saturated rings. The van der Waals surface area contributed by atoms with Gasteiger partial charge in [-0.1, -0.05) is 12.1 Å². The van der Waals surface area contributed by atoms with E-state index in [0.717, 1.165) is 37.4 Å². The van der Waals surface area contributed by atoms with Crippen molar-refractivity contribution in [1.82, 2.24) is 19.8 Å². The van der Waals surface area contributed by atoms with Crippen LogP contribution in [0.5, 0.6) is 11.6 Å². The molecule has 2 saturated heterocycles. The topological polar surface area (TPSA) is 129 Å². The van der Waals surface area contributed by atoms with Crippen LogP contribution >= 0.6 is 0 Å². The van der Waals surface area contributed by atoms with Crippen LogP contribution in [0, 0.1) is 12.7 Å². The number of hydrogen-bond acceptors (Lipinski definition) is 9. The number of piperidine rings is 1. The van der Waals surface area contributed by atoms with E-state index in [-0.39, 0.29) is 17.8 Å². The number of anilines is 3. The Morgan fingerprint density at radius 3 is 2.38 bits per heavy atom. The zero-order valence-electron chi connectivity index (χ0n) is 28.0. The highest BCUT2D eigenvalue weighted by Crippen LogP contribution is 2.27. The Balaban J connectivity index is 0.990. The molecular formula is C36H42FN7O5S. The van der Waals surface area contributed by atoms with Crippen molar-refractivity contribution in [2.45, 2.75) is 32.4 Å². The molecule has 12 nitrogen and oxygen atoms in total. The van der Waals surface area contributed by atoms with Crippen LogP contribution in [-0.2, 0) is 21.3 Å². The third-order valence-electron chi connectivity index (χ3n) is 8.72. The number of morpholine rings is 1. The van der Waals surface area contributed by atoms with E-state index in [0.29, 0.717) is 67.8 Å². The number of hydrogen-bond donors (Lipinski definition) is 2. The lowest BCUT2D eigenvalue weighted by Gasteiger charge is -2.38. The van der Waals surface area contributed by atoms with E-state index < -0.39 is 15.8 Å². The highest BCUT2D eigenvalue weighted by Gasteiger charge is 2.30. The summed E-state index contributed by atoms with van der Waals surface area (Å²) in [6.07, 6.45) is 4.82. The van der Waals surface area contributed by atoms with E-state index >= 15 is 0 Å². The fourth-order valence-electron chi connectivity index (χ4n) is 6.02. The largest absolute Gasteiger partial charge is 0.439 e. The van der Waals surface area contributed by atoms with Crippen molar-refractivity contribution in [1.29, 1.82) is 0 Å². The summed E-state index contributed by atoms with van der Waals surface area (Å²) in [5, 5.41) is 2.92. The Labute approximate surface area is 292 Å². The zero-order valence-corrected chi connectivity index (χ0v) is 28.8. The average Bonchev–Trinajstić information content (AvgIpc) is 3.11. The second kappa shape index (κ2) is 16.4. The van der Waals surface area contributed by atoms with Gasteiger partial charge >= 0.3 is 6.03 Å². The molecule has 50 heavy (non-hydrogen) atoms. The van der Waals surface area contributed by atoms with Gasteiger partial charge in [0.15, 0.2) is 0 Å². The smallest absolute Gasteiger partial charge is 0.326 e. The van der Waals surface area contributed by atoms with Crippen molar-refractivity contribution < 1.29 is 27.1 Å². The normalized spacial score (nSPS) is 16.1. The first kappa shape index (κ1) is 35.2. The molecule has 0 radical (unpaired) electrons. The highest BCUT2D eigenvalue weighted by molar-refractivity contribution is 7.92. The molecule has 0 saturated carbocycles. The van der Waals surface area contributed by atoms with Gasteiger partial charge in [0, 0.05) is 74.6 Å². The molecule has 0 unspecified atom stereocenters. The van der Waals surface area contributed by atoms with Crippen LogP contribution in [0.25, 0.3) is 0 Å². The molecule has 2 amide bonds. The first-order valence-corrected chi connectivity index (χ1v) is 18.4. The summed E-state index contributed by atoms with van der Waals surface area (Å²) in [7, 11) is -3.49. The molecule has 0 aliphatic carbocycles. The van der Waals surface area contributed by atoms with Crippen molar-refractivity contribution in [3.63, 3.8) is 0 Å². The Bertz CT molecular complexity index is 1820. The van der Waals surface area contributed by atoms with Crippen molar-refractivity contribution in [3.8, 4) is 11.6 Å². The number of likely N-dealkylation sites (tertiary alicyclic amines) is 1. The minimum Gasteiger partial charge on any atom is -0.439 e. The molecule has 2 N–H and O–H groups in total.